The van der Waals surface area contributed by atoms with Crippen LogP contribution in [0, 0.1) is 0 Å². The minimum Gasteiger partial charge on any atom is -0.487 e. The molecular formula is C13H14N2O3S. The summed E-state index contributed by atoms with van der Waals surface area (Å²) < 4.78 is 10.4. The Kier molecular flexibility index (Phi) is 4.35. The van der Waals surface area contributed by atoms with Crippen molar-refractivity contribution in [3.05, 3.63) is 40.3 Å². The Morgan fingerprint density at radius 3 is 2.79 bits per heavy atom. The highest BCUT2D eigenvalue weighted by molar-refractivity contribution is 7.11. The zero-order valence-corrected chi connectivity index (χ0v) is 11.3. The van der Waals surface area contributed by atoms with Crippen molar-refractivity contribution in [2.75, 3.05) is 12.3 Å². The quantitative estimate of drug-likeness (QED) is 0.671. The van der Waals surface area contributed by atoms with Crippen LogP contribution in [0.5, 0.6) is 5.75 Å². The number of nitrogens with two attached hydrogens (primary N) is 1. The maximum absolute atomic E-state index is 11.4. The molecule has 0 aliphatic heterocycles. The van der Waals surface area contributed by atoms with Gasteiger partial charge in [0.2, 0.25) is 5.01 Å². The number of carbonyl (C=O) groups is 1. The lowest BCUT2D eigenvalue weighted by Crippen LogP contribution is -2.04. The maximum atomic E-state index is 11.4. The van der Waals surface area contributed by atoms with Crippen LogP contribution >= 0.6 is 11.3 Å². The van der Waals surface area contributed by atoms with E-state index < -0.39 is 5.97 Å². The fourth-order valence-electron chi connectivity index (χ4n) is 1.38. The Hall–Kier alpha value is -2.08. The molecule has 1 aromatic heterocycles. The van der Waals surface area contributed by atoms with Gasteiger partial charge >= 0.3 is 5.97 Å². The summed E-state index contributed by atoms with van der Waals surface area (Å²) in [5.74, 6) is 0.311. The van der Waals surface area contributed by atoms with Crippen molar-refractivity contribution in [1.82, 2.24) is 4.98 Å². The number of hydrogen-bond acceptors (Lipinski definition) is 6. The molecular weight excluding hydrogens is 264 g/mol. The van der Waals surface area contributed by atoms with Crippen molar-refractivity contribution in [3.63, 3.8) is 0 Å². The Labute approximate surface area is 115 Å². The van der Waals surface area contributed by atoms with Gasteiger partial charge < -0.3 is 15.2 Å². The Morgan fingerprint density at radius 1 is 1.37 bits per heavy atom. The van der Waals surface area contributed by atoms with Crippen LogP contribution in [-0.2, 0) is 11.3 Å². The van der Waals surface area contributed by atoms with E-state index in [1.54, 1.807) is 36.6 Å². The minimum atomic E-state index is -0.397. The molecule has 5 nitrogen and oxygen atoms in total. The molecule has 0 saturated heterocycles. The van der Waals surface area contributed by atoms with Gasteiger partial charge in [0, 0.05) is 11.1 Å². The molecule has 1 heterocycles. The molecule has 0 saturated carbocycles. The molecule has 0 atom stereocenters. The highest BCUT2D eigenvalue weighted by Crippen LogP contribution is 2.16. The second-order valence-electron chi connectivity index (χ2n) is 3.72. The molecule has 19 heavy (non-hydrogen) atoms. The molecule has 0 unspecified atom stereocenters. The van der Waals surface area contributed by atoms with Crippen molar-refractivity contribution in [2.45, 2.75) is 13.5 Å². The zero-order valence-electron chi connectivity index (χ0n) is 10.5. The van der Waals surface area contributed by atoms with Crippen LogP contribution in [0.25, 0.3) is 0 Å². The van der Waals surface area contributed by atoms with E-state index in [1.165, 1.54) is 11.3 Å². The summed E-state index contributed by atoms with van der Waals surface area (Å²) in [5, 5.41) is 2.13. The van der Waals surface area contributed by atoms with Crippen LogP contribution in [-0.4, -0.2) is 17.6 Å². The van der Waals surface area contributed by atoms with Crippen LogP contribution in [0.2, 0.25) is 0 Å². The van der Waals surface area contributed by atoms with E-state index in [0.29, 0.717) is 35.4 Å². The number of aromatic nitrogens is 1. The predicted octanol–water partition coefficient (Wildman–Crippen LogP) is 2.48. The van der Waals surface area contributed by atoms with Crippen LogP contribution in [0.3, 0.4) is 0 Å². The van der Waals surface area contributed by atoms with Gasteiger partial charge in [-0.25, -0.2) is 9.78 Å². The number of anilines is 1. The van der Waals surface area contributed by atoms with Crippen molar-refractivity contribution in [1.29, 1.82) is 0 Å². The average Bonchev–Trinajstić information content (AvgIpc) is 2.87. The molecule has 2 N–H and O–H groups in total. The third-order valence-corrected chi connectivity index (χ3v) is 3.14. The van der Waals surface area contributed by atoms with Crippen molar-refractivity contribution >= 4 is 23.0 Å². The first-order chi connectivity index (χ1) is 9.19. The van der Waals surface area contributed by atoms with Gasteiger partial charge in [-0.2, -0.15) is 0 Å². The van der Waals surface area contributed by atoms with Crippen molar-refractivity contribution in [2.24, 2.45) is 0 Å². The molecule has 0 radical (unpaired) electrons. The van der Waals surface area contributed by atoms with Crippen LogP contribution in [0.4, 0.5) is 5.69 Å². The van der Waals surface area contributed by atoms with E-state index in [4.69, 9.17) is 15.2 Å². The molecule has 1 aromatic carbocycles. The van der Waals surface area contributed by atoms with E-state index >= 15 is 0 Å². The summed E-state index contributed by atoms with van der Waals surface area (Å²) in [6.45, 7) is 2.41. The Morgan fingerprint density at radius 2 is 2.11 bits per heavy atom. The van der Waals surface area contributed by atoms with Gasteiger partial charge in [-0.1, -0.05) is 0 Å². The highest BCUT2D eigenvalue weighted by atomic mass is 32.1. The summed E-state index contributed by atoms with van der Waals surface area (Å²) in [5.41, 5.74) is 6.97. The molecule has 2 aromatic rings. The van der Waals surface area contributed by atoms with Gasteiger partial charge in [-0.15, -0.1) is 11.3 Å². The van der Waals surface area contributed by atoms with Gasteiger partial charge in [0.15, 0.2) is 0 Å². The highest BCUT2D eigenvalue weighted by Gasteiger charge is 2.12. The van der Waals surface area contributed by atoms with E-state index in [9.17, 15) is 4.79 Å². The minimum absolute atomic E-state index is 0.305. The first-order valence-electron chi connectivity index (χ1n) is 5.79. The van der Waals surface area contributed by atoms with Crippen molar-refractivity contribution < 1.29 is 14.3 Å². The van der Waals surface area contributed by atoms with Crippen LogP contribution in [0.15, 0.2) is 29.6 Å². The third kappa shape index (κ3) is 3.69. The summed E-state index contributed by atoms with van der Waals surface area (Å²) >= 11 is 1.25. The maximum Gasteiger partial charge on any atom is 0.367 e. The Balaban J connectivity index is 1.93. The molecule has 100 valence electrons. The lowest BCUT2D eigenvalue weighted by molar-refractivity contribution is 0.0525. The first kappa shape index (κ1) is 13.4. The topological polar surface area (TPSA) is 74.4 Å². The predicted molar refractivity (Wildman–Crippen MR) is 73.3 cm³/mol. The summed E-state index contributed by atoms with van der Waals surface area (Å²) in [6, 6.07) is 7.10. The van der Waals surface area contributed by atoms with Gasteiger partial charge in [-0.3, -0.25) is 0 Å². The molecule has 6 heteroatoms. The number of hydrogen-bond donors (Lipinski definition) is 1. The van der Waals surface area contributed by atoms with E-state index in [2.05, 4.69) is 4.98 Å². The molecule has 0 bridgehead atoms. The largest absolute Gasteiger partial charge is 0.487 e. The standard InChI is InChI=1S/C13H14N2O3S/c1-2-17-13(16)12-15-10(8-19-12)7-18-11-5-3-9(14)4-6-11/h3-6,8H,2,7,14H2,1H3. The van der Waals surface area contributed by atoms with Crippen LogP contribution < -0.4 is 10.5 Å². The van der Waals surface area contributed by atoms with E-state index in [0.717, 1.165) is 0 Å². The lowest BCUT2D eigenvalue weighted by Gasteiger charge is -2.03. The number of esters is 1. The van der Waals surface area contributed by atoms with Gasteiger partial charge in [0.25, 0.3) is 0 Å². The number of carbonyl (C=O) groups excluding carboxylic acids is 1. The first-order valence-corrected chi connectivity index (χ1v) is 6.67. The summed E-state index contributed by atoms with van der Waals surface area (Å²) in [7, 11) is 0. The smallest absolute Gasteiger partial charge is 0.367 e. The average molecular weight is 278 g/mol. The Bertz CT molecular complexity index is 551. The van der Waals surface area contributed by atoms with Crippen molar-refractivity contribution in [3.8, 4) is 5.75 Å². The fraction of sp³-hybridized carbons (Fsp3) is 0.231. The molecule has 2 rings (SSSR count). The number of ether oxygens (including phenoxy) is 2. The van der Waals surface area contributed by atoms with Gasteiger partial charge in [0.05, 0.1) is 12.3 Å². The lowest BCUT2D eigenvalue weighted by atomic mass is 10.3. The molecule has 0 amide bonds. The number of nitrogens with zero attached hydrogens (tertiary/aromatic N) is 1. The molecule has 0 aliphatic carbocycles. The zero-order chi connectivity index (χ0) is 13.7. The van der Waals surface area contributed by atoms with Gasteiger partial charge in [0.1, 0.15) is 12.4 Å². The fourth-order valence-corrected chi connectivity index (χ4v) is 2.07. The molecule has 0 spiro atoms. The monoisotopic (exact) mass is 278 g/mol. The number of thiazole rings is 1. The second-order valence-corrected chi connectivity index (χ2v) is 4.58. The molecule has 0 fully saturated rings. The normalized spacial score (nSPS) is 10.2. The van der Waals surface area contributed by atoms with Crippen LogP contribution in [0.1, 0.15) is 22.4 Å². The SMILES string of the molecule is CCOC(=O)c1nc(COc2ccc(N)cc2)cs1. The number of rotatable bonds is 5. The van der Waals surface area contributed by atoms with Gasteiger partial charge in [-0.05, 0) is 31.2 Å². The van der Waals surface area contributed by atoms with E-state index in [-0.39, 0.29) is 0 Å². The van der Waals surface area contributed by atoms with E-state index in [1.807, 2.05) is 0 Å². The number of nitrogen functional groups attached to an aromatic ring is 1. The second kappa shape index (κ2) is 6.19. The summed E-state index contributed by atoms with van der Waals surface area (Å²) in [4.78, 5) is 15.6. The molecule has 0 aliphatic rings. The number of benzene rings is 1. The third-order valence-electron chi connectivity index (χ3n) is 2.27. The summed E-state index contributed by atoms with van der Waals surface area (Å²) in [6.07, 6.45) is 0.